The molecule has 0 bridgehead atoms. The zero-order valence-corrected chi connectivity index (χ0v) is 15.0. The summed E-state index contributed by atoms with van der Waals surface area (Å²) in [5.74, 6) is 1.85. The highest BCUT2D eigenvalue weighted by molar-refractivity contribution is 7.98. The number of hydrogen-bond donors (Lipinski definition) is 0. The Hall–Kier alpha value is -1.85. The third-order valence-electron chi connectivity index (χ3n) is 4.12. The van der Waals surface area contributed by atoms with E-state index in [4.69, 9.17) is 0 Å². The van der Waals surface area contributed by atoms with Gasteiger partial charge in [0.1, 0.15) is 10.9 Å². The van der Waals surface area contributed by atoms with Gasteiger partial charge in [0, 0.05) is 5.75 Å². The maximum absolute atomic E-state index is 4.45. The van der Waals surface area contributed by atoms with Crippen molar-refractivity contribution in [2.75, 3.05) is 0 Å². The lowest BCUT2D eigenvalue weighted by atomic mass is 10.1. The number of aryl methyl sites for hydroxylation is 3. The molecule has 23 heavy (non-hydrogen) atoms. The van der Waals surface area contributed by atoms with Gasteiger partial charge >= 0.3 is 0 Å². The average molecular weight is 339 g/mol. The first-order chi connectivity index (χ1) is 11.1. The van der Waals surface area contributed by atoms with Gasteiger partial charge in [0.25, 0.3) is 0 Å². The fourth-order valence-electron chi connectivity index (χ4n) is 2.85. The number of hydrogen-bond acceptors (Lipinski definition) is 4. The Morgan fingerprint density at radius 2 is 1.91 bits per heavy atom. The molecule has 1 aromatic carbocycles. The fraction of sp³-hybridized carbons (Fsp3) is 0.222. The van der Waals surface area contributed by atoms with E-state index in [0.29, 0.717) is 0 Å². The Labute approximate surface area is 143 Å². The standard InChI is InChI=1S/C18H17N3S2/c1-11-4-5-12(2)14(8-11)10-23-18-16-9-17-15(6-7-22-17)21(16)13(3)19-20-18/h4-9H,10H2,1-3H3. The molecule has 0 saturated carbocycles. The first-order valence-electron chi connectivity index (χ1n) is 7.54. The molecule has 5 heteroatoms. The van der Waals surface area contributed by atoms with Crippen LogP contribution in [0.5, 0.6) is 0 Å². The van der Waals surface area contributed by atoms with E-state index >= 15 is 0 Å². The number of benzene rings is 1. The second-order valence-corrected chi connectivity index (χ2v) is 7.72. The Bertz CT molecular complexity index is 1010. The monoisotopic (exact) mass is 339 g/mol. The molecule has 3 aromatic heterocycles. The SMILES string of the molecule is Cc1ccc(C)c(CSc2nnc(C)n3c2cc2sccc23)c1. The molecule has 0 radical (unpaired) electrons. The normalized spacial score (nSPS) is 11.6. The topological polar surface area (TPSA) is 30.2 Å². The second kappa shape index (κ2) is 5.65. The van der Waals surface area contributed by atoms with Crippen molar-refractivity contribution in [2.24, 2.45) is 0 Å². The van der Waals surface area contributed by atoms with Crippen LogP contribution in [0.4, 0.5) is 0 Å². The third-order valence-corrected chi connectivity index (χ3v) is 5.99. The Morgan fingerprint density at radius 1 is 1.04 bits per heavy atom. The van der Waals surface area contributed by atoms with Crippen LogP contribution in [-0.4, -0.2) is 14.6 Å². The maximum Gasteiger partial charge on any atom is 0.143 e. The van der Waals surface area contributed by atoms with E-state index < -0.39 is 0 Å². The van der Waals surface area contributed by atoms with E-state index in [0.717, 1.165) is 22.1 Å². The highest BCUT2D eigenvalue weighted by Gasteiger charge is 2.13. The predicted molar refractivity (Wildman–Crippen MR) is 98.6 cm³/mol. The maximum atomic E-state index is 4.45. The quantitative estimate of drug-likeness (QED) is 0.483. The minimum Gasteiger partial charge on any atom is -0.293 e. The van der Waals surface area contributed by atoms with Crippen LogP contribution < -0.4 is 0 Å². The van der Waals surface area contributed by atoms with Crippen molar-refractivity contribution in [3.63, 3.8) is 0 Å². The van der Waals surface area contributed by atoms with Gasteiger partial charge < -0.3 is 0 Å². The van der Waals surface area contributed by atoms with Gasteiger partial charge in [-0.25, -0.2) is 0 Å². The van der Waals surface area contributed by atoms with Gasteiger partial charge in [0.15, 0.2) is 0 Å². The van der Waals surface area contributed by atoms with E-state index in [-0.39, 0.29) is 0 Å². The lowest BCUT2D eigenvalue weighted by Crippen LogP contribution is -2.00. The molecule has 0 aliphatic carbocycles. The summed E-state index contributed by atoms with van der Waals surface area (Å²) in [6, 6.07) is 11.0. The average Bonchev–Trinajstić information content (AvgIpc) is 3.10. The fourth-order valence-corrected chi connectivity index (χ4v) is 4.65. The second-order valence-electron chi connectivity index (χ2n) is 5.81. The molecule has 3 nitrogen and oxygen atoms in total. The molecular weight excluding hydrogens is 322 g/mol. The zero-order valence-electron chi connectivity index (χ0n) is 13.3. The summed E-state index contributed by atoms with van der Waals surface area (Å²) in [7, 11) is 0. The molecule has 3 heterocycles. The van der Waals surface area contributed by atoms with Crippen LogP contribution in [0.2, 0.25) is 0 Å². The number of aromatic nitrogens is 3. The van der Waals surface area contributed by atoms with E-state index in [9.17, 15) is 0 Å². The summed E-state index contributed by atoms with van der Waals surface area (Å²) in [6.07, 6.45) is 0. The molecule has 0 unspecified atom stereocenters. The molecule has 0 amide bonds. The van der Waals surface area contributed by atoms with Gasteiger partial charge in [-0.3, -0.25) is 4.40 Å². The lowest BCUT2D eigenvalue weighted by molar-refractivity contribution is 0.836. The molecular formula is C18H17N3S2. The van der Waals surface area contributed by atoms with Crippen LogP contribution >= 0.6 is 23.1 Å². The summed E-state index contributed by atoms with van der Waals surface area (Å²) >= 11 is 3.53. The van der Waals surface area contributed by atoms with Gasteiger partial charge in [-0.15, -0.1) is 21.5 Å². The number of fused-ring (bicyclic) bond motifs is 3. The number of nitrogens with zero attached hydrogens (tertiary/aromatic N) is 3. The molecule has 0 saturated heterocycles. The van der Waals surface area contributed by atoms with Crippen LogP contribution in [0, 0.1) is 20.8 Å². The zero-order chi connectivity index (χ0) is 16.0. The van der Waals surface area contributed by atoms with Gasteiger partial charge in [0.2, 0.25) is 0 Å². The van der Waals surface area contributed by atoms with Crippen molar-refractivity contribution in [1.82, 2.24) is 14.6 Å². The minimum absolute atomic E-state index is 0.916. The van der Waals surface area contributed by atoms with Crippen LogP contribution in [0.3, 0.4) is 0 Å². The molecule has 0 spiro atoms. The van der Waals surface area contributed by atoms with Gasteiger partial charge in [-0.2, -0.15) is 0 Å². The molecule has 116 valence electrons. The first-order valence-corrected chi connectivity index (χ1v) is 9.41. The van der Waals surface area contributed by atoms with Crippen LogP contribution in [0.25, 0.3) is 15.7 Å². The van der Waals surface area contributed by atoms with Crippen molar-refractivity contribution in [3.8, 4) is 0 Å². The van der Waals surface area contributed by atoms with E-state index in [1.54, 1.807) is 23.1 Å². The largest absolute Gasteiger partial charge is 0.293 e. The van der Waals surface area contributed by atoms with Crippen molar-refractivity contribution >= 4 is 38.8 Å². The summed E-state index contributed by atoms with van der Waals surface area (Å²) in [6.45, 7) is 6.31. The molecule has 0 aliphatic heterocycles. The highest BCUT2D eigenvalue weighted by Crippen LogP contribution is 2.32. The molecule has 0 fully saturated rings. The van der Waals surface area contributed by atoms with Gasteiger partial charge in [-0.05, 0) is 49.4 Å². The number of rotatable bonds is 3. The Morgan fingerprint density at radius 3 is 2.78 bits per heavy atom. The van der Waals surface area contributed by atoms with E-state index in [1.165, 1.54) is 26.9 Å². The molecule has 0 N–H and O–H groups in total. The van der Waals surface area contributed by atoms with E-state index in [1.807, 2.05) is 6.92 Å². The van der Waals surface area contributed by atoms with Crippen molar-refractivity contribution in [2.45, 2.75) is 31.6 Å². The first kappa shape index (κ1) is 14.7. The van der Waals surface area contributed by atoms with Crippen LogP contribution in [-0.2, 0) is 5.75 Å². The van der Waals surface area contributed by atoms with Crippen molar-refractivity contribution < 1.29 is 0 Å². The minimum atomic E-state index is 0.916. The lowest BCUT2D eigenvalue weighted by Gasteiger charge is -2.08. The summed E-state index contributed by atoms with van der Waals surface area (Å²) in [5.41, 5.74) is 6.38. The molecule has 4 rings (SSSR count). The van der Waals surface area contributed by atoms with Gasteiger partial charge in [-0.1, -0.05) is 35.5 Å². The van der Waals surface area contributed by atoms with Crippen LogP contribution in [0.1, 0.15) is 22.5 Å². The molecule has 4 aromatic rings. The smallest absolute Gasteiger partial charge is 0.143 e. The number of thioether (sulfide) groups is 1. The Kier molecular flexibility index (Phi) is 3.62. The highest BCUT2D eigenvalue weighted by atomic mass is 32.2. The van der Waals surface area contributed by atoms with E-state index in [2.05, 4.69) is 64.2 Å². The predicted octanol–water partition coefficient (Wildman–Crippen LogP) is 5.16. The molecule has 0 aliphatic rings. The summed E-state index contributed by atoms with van der Waals surface area (Å²) in [5, 5.41) is 11.9. The summed E-state index contributed by atoms with van der Waals surface area (Å²) in [4.78, 5) is 0. The van der Waals surface area contributed by atoms with Crippen molar-refractivity contribution in [1.29, 1.82) is 0 Å². The van der Waals surface area contributed by atoms with Crippen LogP contribution in [0.15, 0.2) is 40.7 Å². The number of thiophene rings is 1. The summed E-state index contributed by atoms with van der Waals surface area (Å²) < 4.78 is 3.50. The van der Waals surface area contributed by atoms with Crippen molar-refractivity contribution in [3.05, 3.63) is 58.2 Å². The molecule has 0 atom stereocenters. The Balaban J connectivity index is 1.74. The van der Waals surface area contributed by atoms with Gasteiger partial charge in [0.05, 0.1) is 15.7 Å². The third kappa shape index (κ3) is 2.54.